The first-order valence-electron chi connectivity index (χ1n) is 5.54. The van der Waals surface area contributed by atoms with E-state index in [2.05, 4.69) is 0 Å². The Balaban J connectivity index is 2.49. The summed E-state index contributed by atoms with van der Waals surface area (Å²) < 4.78 is 18.9. The Morgan fingerprint density at radius 2 is 2.18 bits per heavy atom. The van der Waals surface area contributed by atoms with Crippen molar-refractivity contribution in [1.82, 2.24) is 0 Å². The van der Waals surface area contributed by atoms with Crippen LogP contribution in [-0.2, 0) is 14.9 Å². The van der Waals surface area contributed by atoms with Crippen molar-refractivity contribution in [1.29, 1.82) is 0 Å². The first kappa shape index (κ1) is 12.0. The van der Waals surface area contributed by atoms with E-state index in [1.54, 1.807) is 19.1 Å². The molecule has 0 saturated heterocycles. The molecule has 0 amide bonds. The molecule has 0 bridgehead atoms. The maximum Gasteiger partial charge on any atom is 0.333 e. The molecule has 17 heavy (non-hydrogen) atoms. The molecule has 1 aromatic rings. The first-order chi connectivity index (χ1) is 8.03. The van der Waals surface area contributed by atoms with Crippen molar-refractivity contribution in [2.75, 3.05) is 7.11 Å². The molecule has 1 aliphatic carbocycles. The molecule has 1 atom stereocenters. The van der Waals surface area contributed by atoms with Crippen LogP contribution in [0.15, 0.2) is 18.2 Å². The Morgan fingerprint density at radius 1 is 1.53 bits per heavy atom. The number of ether oxygens (including phenoxy) is 1. The number of hydrogen-bond donors (Lipinski definition) is 1. The molecule has 92 valence electrons. The largest absolute Gasteiger partial charge is 0.479 e. The third-order valence-corrected chi connectivity index (χ3v) is 3.47. The minimum Gasteiger partial charge on any atom is -0.479 e. The van der Waals surface area contributed by atoms with Gasteiger partial charge < -0.3 is 9.84 Å². The fourth-order valence-corrected chi connectivity index (χ4v) is 2.60. The van der Waals surface area contributed by atoms with Crippen molar-refractivity contribution in [3.8, 4) is 0 Å². The summed E-state index contributed by atoms with van der Waals surface area (Å²) in [5.74, 6) is -1.38. The zero-order chi connectivity index (χ0) is 12.6. The second-order valence-electron chi connectivity index (χ2n) is 4.54. The molecule has 3 nitrogen and oxygen atoms in total. The van der Waals surface area contributed by atoms with Crippen LogP contribution in [0.1, 0.15) is 24.0 Å². The lowest BCUT2D eigenvalue weighted by Crippen LogP contribution is -2.37. The van der Waals surface area contributed by atoms with E-state index < -0.39 is 17.5 Å². The fourth-order valence-electron chi connectivity index (χ4n) is 2.60. The predicted molar refractivity (Wildman–Crippen MR) is 60.5 cm³/mol. The van der Waals surface area contributed by atoms with Crippen LogP contribution in [0, 0.1) is 12.7 Å². The van der Waals surface area contributed by atoms with Crippen molar-refractivity contribution in [3.05, 3.63) is 35.1 Å². The Hall–Kier alpha value is -1.42. The molecular formula is C13H15FO3. The molecule has 1 unspecified atom stereocenters. The van der Waals surface area contributed by atoms with E-state index in [4.69, 9.17) is 9.84 Å². The first-order valence-corrected chi connectivity index (χ1v) is 5.54. The van der Waals surface area contributed by atoms with Crippen LogP contribution in [0.25, 0.3) is 0 Å². The molecule has 0 heterocycles. The highest BCUT2D eigenvalue weighted by Crippen LogP contribution is 2.53. The van der Waals surface area contributed by atoms with E-state index in [1.165, 1.54) is 13.2 Å². The van der Waals surface area contributed by atoms with Crippen LogP contribution in [0.4, 0.5) is 4.39 Å². The van der Waals surface area contributed by atoms with Crippen LogP contribution >= 0.6 is 0 Å². The molecule has 0 radical (unpaired) electrons. The highest BCUT2D eigenvalue weighted by atomic mass is 19.1. The van der Waals surface area contributed by atoms with Crippen LogP contribution in [0.3, 0.4) is 0 Å². The minimum absolute atomic E-state index is 0.342. The number of aliphatic carboxylic acids is 1. The van der Waals surface area contributed by atoms with Gasteiger partial charge in [0.1, 0.15) is 5.82 Å². The van der Waals surface area contributed by atoms with Gasteiger partial charge in [0.05, 0.1) is 0 Å². The van der Waals surface area contributed by atoms with Crippen LogP contribution in [0.5, 0.6) is 0 Å². The van der Waals surface area contributed by atoms with Gasteiger partial charge >= 0.3 is 5.97 Å². The van der Waals surface area contributed by atoms with Crippen molar-refractivity contribution in [3.63, 3.8) is 0 Å². The fraction of sp³-hybridized carbons (Fsp3) is 0.462. The van der Waals surface area contributed by atoms with Crippen molar-refractivity contribution < 1.29 is 19.0 Å². The van der Waals surface area contributed by atoms with Crippen molar-refractivity contribution in [2.24, 2.45) is 0 Å². The minimum atomic E-state index is -1.03. The Bertz CT molecular complexity index is 432. The summed E-state index contributed by atoms with van der Waals surface area (Å²) in [5, 5.41) is 9.14. The summed E-state index contributed by atoms with van der Waals surface area (Å²) in [7, 11) is 1.36. The molecular weight excluding hydrogens is 223 g/mol. The lowest BCUT2D eigenvalue weighted by Gasteiger charge is -2.24. The number of aryl methyl sites for hydroxylation is 1. The molecule has 1 aromatic carbocycles. The number of hydrogen-bond acceptors (Lipinski definition) is 2. The van der Waals surface area contributed by atoms with Gasteiger partial charge in [0.15, 0.2) is 6.10 Å². The molecule has 1 N–H and O–H groups in total. The number of carboxylic acids is 1. The van der Waals surface area contributed by atoms with E-state index in [-0.39, 0.29) is 5.82 Å². The van der Waals surface area contributed by atoms with Crippen molar-refractivity contribution >= 4 is 5.97 Å². The second-order valence-corrected chi connectivity index (χ2v) is 4.54. The number of carboxylic acid groups (broad SMARTS) is 1. The third kappa shape index (κ3) is 1.82. The van der Waals surface area contributed by atoms with Crippen LogP contribution in [0.2, 0.25) is 0 Å². The zero-order valence-corrected chi connectivity index (χ0v) is 9.87. The molecule has 0 aromatic heterocycles. The molecule has 1 fully saturated rings. The summed E-state index contributed by atoms with van der Waals surface area (Å²) in [6.07, 6.45) is 0.331. The van der Waals surface area contributed by atoms with Crippen molar-refractivity contribution in [2.45, 2.75) is 31.3 Å². The monoisotopic (exact) mass is 238 g/mol. The lowest BCUT2D eigenvalue weighted by atomic mass is 9.86. The predicted octanol–water partition coefficient (Wildman–Crippen LogP) is 2.27. The molecule has 0 spiro atoms. The summed E-state index contributed by atoms with van der Waals surface area (Å²) in [5.41, 5.74) is 0.593. The maximum atomic E-state index is 13.9. The quantitative estimate of drug-likeness (QED) is 0.875. The number of methoxy groups -OCH3 is 1. The number of halogens is 1. The van der Waals surface area contributed by atoms with Crippen LogP contribution in [-0.4, -0.2) is 24.3 Å². The summed E-state index contributed by atoms with van der Waals surface area (Å²) in [6, 6.07) is 4.80. The standard InChI is InChI=1S/C13H15FO3/c1-8-4-3-5-9(14)10(8)13(6-7-13)11(17-2)12(15)16/h3-5,11H,6-7H2,1-2H3,(H,15,16). The Morgan fingerprint density at radius 3 is 2.59 bits per heavy atom. The Kier molecular flexibility index (Phi) is 2.91. The Labute approximate surface area is 99.2 Å². The van der Waals surface area contributed by atoms with E-state index in [1.807, 2.05) is 0 Å². The van der Waals surface area contributed by atoms with Gasteiger partial charge in [0.25, 0.3) is 0 Å². The molecule has 1 saturated carbocycles. The molecule has 2 rings (SSSR count). The van der Waals surface area contributed by atoms with Gasteiger partial charge in [-0.1, -0.05) is 12.1 Å². The van der Waals surface area contributed by atoms with E-state index >= 15 is 0 Å². The highest BCUT2D eigenvalue weighted by Gasteiger charge is 2.56. The summed E-state index contributed by atoms with van der Waals surface area (Å²) in [4.78, 5) is 11.2. The SMILES string of the molecule is COC(C(=O)O)C1(c2c(C)cccc2F)CC1. The van der Waals surface area contributed by atoms with Crippen LogP contribution < -0.4 is 0 Å². The molecule has 1 aliphatic rings. The lowest BCUT2D eigenvalue weighted by molar-refractivity contribution is -0.150. The average Bonchev–Trinajstić information content (AvgIpc) is 2.99. The molecule has 0 aliphatic heterocycles. The van der Waals surface area contributed by atoms with Gasteiger partial charge in [0.2, 0.25) is 0 Å². The molecule has 4 heteroatoms. The van der Waals surface area contributed by atoms with E-state index in [0.717, 1.165) is 5.56 Å². The van der Waals surface area contributed by atoms with E-state index in [0.29, 0.717) is 18.4 Å². The van der Waals surface area contributed by atoms with E-state index in [9.17, 15) is 9.18 Å². The summed E-state index contributed by atoms with van der Waals surface area (Å²) in [6.45, 7) is 1.80. The smallest absolute Gasteiger partial charge is 0.333 e. The van der Waals surface area contributed by atoms with Gasteiger partial charge in [-0.2, -0.15) is 0 Å². The van der Waals surface area contributed by atoms with Gasteiger partial charge in [0, 0.05) is 18.1 Å². The van der Waals surface area contributed by atoms with Gasteiger partial charge in [-0.15, -0.1) is 0 Å². The second kappa shape index (κ2) is 4.11. The number of rotatable bonds is 4. The van der Waals surface area contributed by atoms with Gasteiger partial charge in [-0.25, -0.2) is 9.18 Å². The normalized spacial score (nSPS) is 18.8. The van der Waals surface area contributed by atoms with Gasteiger partial charge in [-0.05, 0) is 31.4 Å². The number of benzene rings is 1. The third-order valence-electron chi connectivity index (χ3n) is 3.47. The summed E-state index contributed by atoms with van der Waals surface area (Å²) >= 11 is 0. The number of carbonyl (C=O) groups is 1. The highest BCUT2D eigenvalue weighted by molar-refractivity contribution is 5.76. The van der Waals surface area contributed by atoms with Gasteiger partial charge in [-0.3, -0.25) is 0 Å². The average molecular weight is 238 g/mol. The zero-order valence-electron chi connectivity index (χ0n) is 9.87. The topological polar surface area (TPSA) is 46.5 Å². The maximum absolute atomic E-state index is 13.9.